The van der Waals surface area contributed by atoms with Crippen molar-refractivity contribution in [3.05, 3.63) is 133 Å². The average molecular weight is 487 g/mol. The third kappa shape index (κ3) is 3.15. The van der Waals surface area contributed by atoms with Crippen molar-refractivity contribution in [1.82, 2.24) is 0 Å². The van der Waals surface area contributed by atoms with Crippen LogP contribution in [0.1, 0.15) is 0 Å². The SMILES string of the molecule is c1ccc(-c2ccc3c4ccccc4c4ccccc4c3c2)c(-c2ccc3sc4ccccc4c3c2)c1. The van der Waals surface area contributed by atoms with Gasteiger partial charge in [0.1, 0.15) is 0 Å². The molecule has 0 aliphatic rings. The molecule has 0 aliphatic carbocycles. The van der Waals surface area contributed by atoms with E-state index in [-0.39, 0.29) is 0 Å². The highest BCUT2D eigenvalue weighted by molar-refractivity contribution is 7.25. The molecule has 37 heavy (non-hydrogen) atoms. The van der Waals surface area contributed by atoms with Gasteiger partial charge in [0.2, 0.25) is 0 Å². The van der Waals surface area contributed by atoms with E-state index in [2.05, 4.69) is 133 Å². The quantitative estimate of drug-likeness (QED) is 0.213. The second-order valence-electron chi connectivity index (χ2n) is 9.71. The Morgan fingerprint density at radius 3 is 1.38 bits per heavy atom. The van der Waals surface area contributed by atoms with Crippen LogP contribution in [0.4, 0.5) is 0 Å². The summed E-state index contributed by atoms with van der Waals surface area (Å²) in [6.45, 7) is 0. The highest BCUT2D eigenvalue weighted by atomic mass is 32.1. The first-order chi connectivity index (χ1) is 18.3. The van der Waals surface area contributed by atoms with E-state index in [0.29, 0.717) is 0 Å². The van der Waals surface area contributed by atoms with Crippen LogP contribution in [0.3, 0.4) is 0 Å². The molecule has 7 aromatic carbocycles. The molecule has 0 atom stereocenters. The van der Waals surface area contributed by atoms with Crippen LogP contribution in [0.25, 0.3) is 74.7 Å². The Morgan fingerprint density at radius 2 is 0.730 bits per heavy atom. The molecule has 0 saturated heterocycles. The van der Waals surface area contributed by atoms with Crippen molar-refractivity contribution in [2.24, 2.45) is 0 Å². The van der Waals surface area contributed by atoms with Crippen LogP contribution in [0.5, 0.6) is 0 Å². The van der Waals surface area contributed by atoms with Gasteiger partial charge in [-0.1, -0.05) is 109 Å². The highest BCUT2D eigenvalue weighted by Crippen LogP contribution is 2.41. The van der Waals surface area contributed by atoms with Gasteiger partial charge in [0, 0.05) is 20.2 Å². The Labute approximate surface area is 219 Å². The van der Waals surface area contributed by atoms with Crippen molar-refractivity contribution in [2.75, 3.05) is 0 Å². The second-order valence-corrected chi connectivity index (χ2v) is 10.8. The fourth-order valence-electron chi connectivity index (χ4n) is 5.96. The molecule has 0 amide bonds. The minimum absolute atomic E-state index is 1.25. The van der Waals surface area contributed by atoms with E-state index >= 15 is 0 Å². The van der Waals surface area contributed by atoms with Crippen molar-refractivity contribution in [2.45, 2.75) is 0 Å². The zero-order valence-electron chi connectivity index (χ0n) is 20.1. The zero-order chi connectivity index (χ0) is 24.3. The predicted octanol–water partition coefficient (Wildman–Crippen LogP) is 10.8. The zero-order valence-corrected chi connectivity index (χ0v) is 20.9. The smallest absolute Gasteiger partial charge is 0.0355 e. The molecule has 0 nitrogen and oxygen atoms in total. The number of benzene rings is 7. The van der Waals surface area contributed by atoms with Crippen LogP contribution in [0.15, 0.2) is 133 Å². The molecule has 0 saturated carbocycles. The van der Waals surface area contributed by atoms with Gasteiger partial charge in [-0.2, -0.15) is 0 Å². The maximum absolute atomic E-state index is 2.39. The summed E-state index contributed by atoms with van der Waals surface area (Å²) in [7, 11) is 0. The Kier molecular flexibility index (Phi) is 4.49. The molecule has 0 N–H and O–H groups in total. The van der Waals surface area contributed by atoms with E-state index < -0.39 is 0 Å². The standard InChI is InChI=1S/C36H22S/c1-2-10-26(24-18-20-36-34(22-24)32-15-7-8-16-35(32)37-36)25(9-1)23-17-19-31-29-13-4-3-11-27(29)28-12-5-6-14-30(28)33(31)21-23/h1-22H. The molecule has 1 heteroatoms. The van der Waals surface area contributed by atoms with Crippen molar-refractivity contribution in [3.8, 4) is 22.3 Å². The minimum atomic E-state index is 1.25. The Hall–Kier alpha value is -4.46. The number of rotatable bonds is 2. The summed E-state index contributed by atoms with van der Waals surface area (Å²) in [5, 5.41) is 10.5. The fourth-order valence-corrected chi connectivity index (χ4v) is 7.04. The van der Waals surface area contributed by atoms with Crippen molar-refractivity contribution in [1.29, 1.82) is 0 Å². The van der Waals surface area contributed by atoms with Crippen LogP contribution in [-0.2, 0) is 0 Å². The molecule has 0 fully saturated rings. The first kappa shape index (κ1) is 20.7. The van der Waals surface area contributed by atoms with E-state index in [1.807, 2.05) is 11.3 Å². The molecule has 0 unspecified atom stereocenters. The minimum Gasteiger partial charge on any atom is -0.135 e. The van der Waals surface area contributed by atoms with Gasteiger partial charge >= 0.3 is 0 Å². The Balaban J connectivity index is 1.38. The van der Waals surface area contributed by atoms with Gasteiger partial charge in [-0.3, -0.25) is 0 Å². The van der Waals surface area contributed by atoms with E-state index in [4.69, 9.17) is 0 Å². The maximum Gasteiger partial charge on any atom is 0.0355 e. The summed E-state index contributed by atoms with van der Waals surface area (Å²) in [6.07, 6.45) is 0. The molecule has 0 aliphatic heterocycles. The summed E-state index contributed by atoms with van der Waals surface area (Å²) in [5.74, 6) is 0. The topological polar surface area (TPSA) is 0 Å². The first-order valence-electron chi connectivity index (χ1n) is 12.7. The molecular weight excluding hydrogens is 464 g/mol. The molecule has 8 rings (SSSR count). The van der Waals surface area contributed by atoms with E-state index in [9.17, 15) is 0 Å². The lowest BCUT2D eigenvalue weighted by Crippen LogP contribution is -1.87. The van der Waals surface area contributed by atoms with E-state index in [0.717, 1.165) is 0 Å². The molecule has 0 bridgehead atoms. The molecular formula is C36H22S. The van der Waals surface area contributed by atoms with Crippen molar-refractivity contribution in [3.63, 3.8) is 0 Å². The van der Waals surface area contributed by atoms with Gasteiger partial charge in [0.15, 0.2) is 0 Å². The lowest BCUT2D eigenvalue weighted by molar-refractivity contribution is 1.62. The third-order valence-corrected chi connectivity index (χ3v) is 8.82. The first-order valence-corrected chi connectivity index (χ1v) is 13.5. The van der Waals surface area contributed by atoms with Gasteiger partial charge in [-0.15, -0.1) is 11.3 Å². The van der Waals surface area contributed by atoms with Crippen molar-refractivity contribution >= 4 is 63.8 Å². The Morgan fingerprint density at radius 1 is 0.297 bits per heavy atom. The van der Waals surface area contributed by atoms with Crippen LogP contribution in [0, 0.1) is 0 Å². The predicted molar refractivity (Wildman–Crippen MR) is 163 cm³/mol. The molecule has 1 heterocycles. The maximum atomic E-state index is 2.39. The summed E-state index contributed by atoms with van der Waals surface area (Å²) in [5.41, 5.74) is 5.04. The van der Waals surface area contributed by atoms with Gasteiger partial charge in [0.25, 0.3) is 0 Å². The van der Waals surface area contributed by atoms with Gasteiger partial charge in [0.05, 0.1) is 0 Å². The van der Waals surface area contributed by atoms with E-state index in [1.165, 1.54) is 74.7 Å². The molecule has 0 spiro atoms. The van der Waals surface area contributed by atoms with Crippen molar-refractivity contribution < 1.29 is 0 Å². The lowest BCUT2D eigenvalue weighted by atomic mass is 9.89. The van der Waals surface area contributed by atoms with Gasteiger partial charge < -0.3 is 0 Å². The fraction of sp³-hybridized carbons (Fsp3) is 0. The van der Waals surface area contributed by atoms with E-state index in [1.54, 1.807) is 0 Å². The monoisotopic (exact) mass is 486 g/mol. The number of fused-ring (bicyclic) bond motifs is 9. The molecule has 172 valence electrons. The lowest BCUT2D eigenvalue weighted by Gasteiger charge is -2.14. The molecule has 0 radical (unpaired) electrons. The average Bonchev–Trinajstić information content (AvgIpc) is 3.35. The third-order valence-electron chi connectivity index (χ3n) is 7.67. The summed E-state index contributed by atoms with van der Waals surface area (Å²) < 4.78 is 2.68. The van der Waals surface area contributed by atoms with Crippen LogP contribution >= 0.6 is 11.3 Å². The molecule has 8 aromatic rings. The molecule has 1 aromatic heterocycles. The van der Waals surface area contributed by atoms with Crippen LogP contribution in [0.2, 0.25) is 0 Å². The normalized spacial score (nSPS) is 11.8. The highest BCUT2D eigenvalue weighted by Gasteiger charge is 2.13. The summed E-state index contributed by atoms with van der Waals surface area (Å²) in [4.78, 5) is 0. The summed E-state index contributed by atoms with van der Waals surface area (Å²) in [6, 6.07) is 49.0. The number of hydrogen-bond donors (Lipinski definition) is 0. The van der Waals surface area contributed by atoms with Crippen LogP contribution < -0.4 is 0 Å². The summed E-state index contributed by atoms with van der Waals surface area (Å²) >= 11 is 1.87. The largest absolute Gasteiger partial charge is 0.135 e. The van der Waals surface area contributed by atoms with Gasteiger partial charge in [-0.05, 0) is 78.8 Å². The van der Waals surface area contributed by atoms with Gasteiger partial charge in [-0.25, -0.2) is 0 Å². The second kappa shape index (κ2) is 8.03. The number of thiophene rings is 1. The van der Waals surface area contributed by atoms with Crippen LogP contribution in [-0.4, -0.2) is 0 Å². The number of hydrogen-bond acceptors (Lipinski definition) is 1. The Bertz CT molecular complexity index is 2110.